The fourth-order valence-electron chi connectivity index (χ4n) is 2.85. The normalized spacial score (nSPS) is 17.1. The number of nitrogens with zero attached hydrogens (tertiary/aromatic N) is 3. The lowest BCUT2D eigenvalue weighted by Crippen LogP contribution is -2.40. The van der Waals surface area contributed by atoms with Gasteiger partial charge in [-0.15, -0.1) is 0 Å². The van der Waals surface area contributed by atoms with Crippen LogP contribution in [0, 0.1) is 0 Å². The van der Waals surface area contributed by atoms with Gasteiger partial charge in [0, 0.05) is 12.2 Å². The Kier molecular flexibility index (Phi) is 4.44. The zero-order valence-electron chi connectivity index (χ0n) is 13.0. The molecule has 1 atom stereocenters. The summed E-state index contributed by atoms with van der Waals surface area (Å²) < 4.78 is 6.47. The van der Waals surface area contributed by atoms with Crippen molar-refractivity contribution in [2.75, 3.05) is 18.6 Å². The lowest BCUT2D eigenvalue weighted by molar-refractivity contribution is -0.138. The molecule has 0 bridgehead atoms. The Morgan fingerprint density at radius 1 is 1.38 bits per heavy atom. The molecule has 2 heterocycles. The molecular weight excluding hydrogens is 334 g/mol. The number of ether oxygens (including phenoxy) is 1. The van der Waals surface area contributed by atoms with E-state index in [9.17, 15) is 14.7 Å². The van der Waals surface area contributed by atoms with Crippen LogP contribution in [0.15, 0.2) is 35.3 Å². The summed E-state index contributed by atoms with van der Waals surface area (Å²) in [4.78, 5) is 29.8. The summed E-state index contributed by atoms with van der Waals surface area (Å²) in [6.45, 7) is 0.460. The lowest BCUT2D eigenvalue weighted by Gasteiger charge is -2.22. The van der Waals surface area contributed by atoms with Crippen molar-refractivity contribution < 1.29 is 14.6 Å². The van der Waals surface area contributed by atoms with Crippen LogP contribution >= 0.6 is 11.6 Å². The fourth-order valence-corrected chi connectivity index (χ4v) is 3.03. The summed E-state index contributed by atoms with van der Waals surface area (Å²) in [5, 5.41) is 9.45. The molecule has 1 fully saturated rings. The summed E-state index contributed by atoms with van der Waals surface area (Å²) in [5.41, 5.74) is 0.190. The lowest BCUT2D eigenvalue weighted by atomic mass is 10.2. The molecule has 8 heteroatoms. The predicted molar refractivity (Wildman–Crippen MR) is 89.4 cm³/mol. The Morgan fingerprint density at radius 3 is 2.71 bits per heavy atom. The van der Waals surface area contributed by atoms with E-state index in [1.807, 2.05) is 0 Å². The maximum atomic E-state index is 12.8. The van der Waals surface area contributed by atoms with Gasteiger partial charge in [0.05, 0.1) is 13.3 Å². The zero-order chi connectivity index (χ0) is 17.3. The van der Waals surface area contributed by atoms with Crippen molar-refractivity contribution >= 4 is 23.4 Å². The van der Waals surface area contributed by atoms with Gasteiger partial charge in [0.2, 0.25) is 0 Å². The summed E-state index contributed by atoms with van der Waals surface area (Å²) in [6, 6.07) is 6.14. The smallest absolute Gasteiger partial charge is 0.326 e. The van der Waals surface area contributed by atoms with E-state index in [1.54, 1.807) is 31.4 Å². The first-order valence-corrected chi connectivity index (χ1v) is 7.82. The van der Waals surface area contributed by atoms with Crippen LogP contribution in [-0.2, 0) is 4.79 Å². The van der Waals surface area contributed by atoms with Crippen molar-refractivity contribution in [1.82, 2.24) is 9.55 Å². The van der Waals surface area contributed by atoms with E-state index in [1.165, 1.54) is 15.7 Å². The maximum absolute atomic E-state index is 12.8. The molecule has 1 N–H and O–H groups in total. The molecule has 0 radical (unpaired) electrons. The highest BCUT2D eigenvalue weighted by Crippen LogP contribution is 2.23. The topological polar surface area (TPSA) is 84.7 Å². The summed E-state index contributed by atoms with van der Waals surface area (Å²) in [5.74, 6) is -0.245. The number of halogens is 1. The molecule has 1 aromatic carbocycles. The van der Waals surface area contributed by atoms with Crippen molar-refractivity contribution in [3.05, 3.63) is 46.0 Å². The number of hydrogen-bond acceptors (Lipinski definition) is 5. The SMILES string of the molecule is COc1ccc(-n2cc(Cl)nc(N3CCC[C@H]3C(=O)O)c2=O)cc1. The molecular formula is C16H16ClN3O4. The molecule has 1 aliphatic rings. The van der Waals surface area contributed by atoms with E-state index in [0.717, 1.165) is 0 Å². The van der Waals surface area contributed by atoms with Gasteiger partial charge in [0.15, 0.2) is 5.82 Å². The average Bonchev–Trinajstić information content (AvgIpc) is 3.06. The first kappa shape index (κ1) is 16.3. The molecule has 7 nitrogen and oxygen atoms in total. The van der Waals surface area contributed by atoms with E-state index >= 15 is 0 Å². The number of rotatable bonds is 4. The molecule has 24 heavy (non-hydrogen) atoms. The Morgan fingerprint density at radius 2 is 2.08 bits per heavy atom. The van der Waals surface area contributed by atoms with Crippen molar-refractivity contribution in [2.45, 2.75) is 18.9 Å². The minimum Gasteiger partial charge on any atom is -0.497 e. The van der Waals surface area contributed by atoms with Gasteiger partial charge in [-0.2, -0.15) is 0 Å². The number of hydrogen-bond donors (Lipinski definition) is 1. The largest absolute Gasteiger partial charge is 0.497 e. The second-order valence-electron chi connectivity index (χ2n) is 5.45. The number of anilines is 1. The molecule has 0 spiro atoms. The fraction of sp³-hybridized carbons (Fsp3) is 0.312. The molecule has 0 saturated carbocycles. The van der Waals surface area contributed by atoms with Crippen molar-refractivity contribution in [2.24, 2.45) is 0 Å². The van der Waals surface area contributed by atoms with Crippen molar-refractivity contribution in [1.29, 1.82) is 0 Å². The van der Waals surface area contributed by atoms with Crippen LogP contribution in [0.5, 0.6) is 5.75 Å². The molecule has 1 aromatic heterocycles. The maximum Gasteiger partial charge on any atom is 0.326 e. The molecule has 0 amide bonds. The van der Waals surface area contributed by atoms with E-state index in [-0.39, 0.29) is 11.0 Å². The summed E-state index contributed by atoms with van der Waals surface area (Å²) in [6.07, 6.45) is 2.58. The first-order valence-electron chi connectivity index (χ1n) is 7.44. The number of aromatic nitrogens is 2. The Balaban J connectivity index is 2.08. The van der Waals surface area contributed by atoms with Crippen LogP contribution in [0.1, 0.15) is 12.8 Å². The third-order valence-electron chi connectivity index (χ3n) is 4.02. The van der Waals surface area contributed by atoms with Gasteiger partial charge in [-0.3, -0.25) is 9.36 Å². The molecule has 3 rings (SSSR count). The van der Waals surface area contributed by atoms with Crippen LogP contribution in [0.4, 0.5) is 5.82 Å². The predicted octanol–water partition coefficient (Wildman–Crippen LogP) is 1.95. The molecule has 1 aliphatic heterocycles. The van der Waals surface area contributed by atoms with Crippen LogP contribution in [0.2, 0.25) is 5.15 Å². The molecule has 1 saturated heterocycles. The van der Waals surface area contributed by atoms with Crippen LogP contribution < -0.4 is 15.2 Å². The van der Waals surface area contributed by atoms with E-state index < -0.39 is 17.6 Å². The van der Waals surface area contributed by atoms with Gasteiger partial charge in [-0.25, -0.2) is 9.78 Å². The van der Waals surface area contributed by atoms with Crippen molar-refractivity contribution in [3.8, 4) is 11.4 Å². The molecule has 0 aliphatic carbocycles. The van der Waals surface area contributed by atoms with Crippen LogP contribution in [0.3, 0.4) is 0 Å². The summed E-state index contributed by atoms with van der Waals surface area (Å²) in [7, 11) is 1.56. The highest BCUT2D eigenvalue weighted by molar-refractivity contribution is 6.29. The van der Waals surface area contributed by atoms with E-state index in [0.29, 0.717) is 30.8 Å². The zero-order valence-corrected chi connectivity index (χ0v) is 13.7. The third kappa shape index (κ3) is 2.94. The van der Waals surface area contributed by atoms with Crippen LogP contribution in [-0.4, -0.2) is 40.3 Å². The van der Waals surface area contributed by atoms with Gasteiger partial charge in [0.25, 0.3) is 5.56 Å². The van der Waals surface area contributed by atoms with Gasteiger partial charge in [0.1, 0.15) is 16.9 Å². The van der Waals surface area contributed by atoms with E-state index in [4.69, 9.17) is 16.3 Å². The first-order chi connectivity index (χ1) is 11.5. The molecule has 126 valence electrons. The number of carbonyl (C=O) groups is 1. The van der Waals surface area contributed by atoms with E-state index in [2.05, 4.69) is 4.98 Å². The number of carboxylic acid groups (broad SMARTS) is 1. The highest BCUT2D eigenvalue weighted by Gasteiger charge is 2.33. The standard InChI is InChI=1S/C16H16ClN3O4/c1-24-11-6-4-10(5-7-11)20-9-13(17)18-14(15(20)21)19-8-2-3-12(19)16(22)23/h4-7,9,12H,2-3,8H2,1H3,(H,22,23)/t12-/m0/s1. The minimum absolute atomic E-state index is 0.0585. The number of methoxy groups -OCH3 is 1. The Hall–Kier alpha value is -2.54. The Bertz CT molecular complexity index is 819. The average molecular weight is 350 g/mol. The second-order valence-corrected chi connectivity index (χ2v) is 5.84. The monoisotopic (exact) mass is 349 g/mol. The number of benzene rings is 1. The van der Waals surface area contributed by atoms with Gasteiger partial charge in [-0.05, 0) is 37.1 Å². The van der Waals surface area contributed by atoms with Crippen molar-refractivity contribution in [3.63, 3.8) is 0 Å². The molecule has 0 unspecified atom stereocenters. The van der Waals surface area contributed by atoms with Gasteiger partial charge >= 0.3 is 5.97 Å². The second kappa shape index (κ2) is 6.52. The summed E-state index contributed by atoms with van der Waals surface area (Å²) >= 11 is 6.07. The highest BCUT2D eigenvalue weighted by atomic mass is 35.5. The van der Waals surface area contributed by atoms with Gasteiger partial charge < -0.3 is 14.7 Å². The minimum atomic E-state index is -0.968. The van der Waals surface area contributed by atoms with Crippen LogP contribution in [0.25, 0.3) is 5.69 Å². The quantitative estimate of drug-likeness (QED) is 0.908. The third-order valence-corrected chi connectivity index (χ3v) is 4.20. The number of aliphatic carboxylic acids is 1. The molecule has 2 aromatic rings. The van der Waals surface area contributed by atoms with Gasteiger partial charge in [-0.1, -0.05) is 11.6 Å². The number of carboxylic acids is 1. The Labute approximate surface area is 143 Å².